The van der Waals surface area contributed by atoms with Gasteiger partial charge in [0.2, 0.25) is 5.95 Å². The molecule has 3 aromatic rings. The summed E-state index contributed by atoms with van der Waals surface area (Å²) in [7, 11) is 1.66. The largest absolute Gasteiger partial charge is 0.378 e. The van der Waals surface area contributed by atoms with E-state index >= 15 is 0 Å². The number of nitrogens with zero attached hydrogens (tertiary/aromatic N) is 4. The highest BCUT2D eigenvalue weighted by atomic mass is 19.1. The minimum absolute atomic E-state index is 0.224. The van der Waals surface area contributed by atoms with E-state index < -0.39 is 5.82 Å². The van der Waals surface area contributed by atoms with Crippen molar-refractivity contribution in [2.75, 3.05) is 31.2 Å². The molecule has 0 spiro atoms. The summed E-state index contributed by atoms with van der Waals surface area (Å²) >= 11 is 0. The quantitative estimate of drug-likeness (QED) is 0.682. The number of halogens is 1. The third-order valence-electron chi connectivity index (χ3n) is 4.39. The van der Waals surface area contributed by atoms with Crippen LogP contribution in [0.5, 0.6) is 0 Å². The fourth-order valence-electron chi connectivity index (χ4n) is 2.83. The van der Waals surface area contributed by atoms with Gasteiger partial charge in [-0.15, -0.1) is 0 Å². The molecule has 0 unspecified atom stereocenters. The van der Waals surface area contributed by atoms with Crippen LogP contribution in [0.3, 0.4) is 0 Å². The van der Waals surface area contributed by atoms with Crippen LogP contribution in [0.1, 0.15) is 5.56 Å². The van der Waals surface area contributed by atoms with Crippen LogP contribution in [0.4, 0.5) is 10.3 Å². The van der Waals surface area contributed by atoms with Crippen LogP contribution in [-0.2, 0) is 11.8 Å². The number of hydrogen-bond donors (Lipinski definition) is 0. The summed E-state index contributed by atoms with van der Waals surface area (Å²) in [4.78, 5) is 22.2. The molecule has 1 aliphatic rings. The second kappa shape index (κ2) is 9.23. The van der Waals surface area contributed by atoms with Crippen molar-refractivity contribution in [1.82, 2.24) is 14.5 Å². The standard InChI is InChI=1S/C14H15FN4O2.C7H8/c1-18-13(20)8-12(10-2-3-16-9-11(10)15)17-14(18)19-4-6-21-7-5-19;1-7-5-3-2-4-6-7/h2-3,8-9H,4-7H2,1H3;2-6H,1H3. The Balaban J connectivity index is 0.000000271. The van der Waals surface area contributed by atoms with Gasteiger partial charge < -0.3 is 9.64 Å². The molecule has 0 saturated carbocycles. The van der Waals surface area contributed by atoms with E-state index in [1.54, 1.807) is 7.05 Å². The molecule has 7 heteroatoms. The van der Waals surface area contributed by atoms with Crippen LogP contribution in [0.25, 0.3) is 11.3 Å². The minimum atomic E-state index is -0.494. The molecule has 6 nitrogen and oxygen atoms in total. The number of rotatable bonds is 2. The van der Waals surface area contributed by atoms with E-state index in [9.17, 15) is 9.18 Å². The van der Waals surface area contributed by atoms with Crippen molar-refractivity contribution in [3.63, 3.8) is 0 Å². The van der Waals surface area contributed by atoms with Crippen molar-refractivity contribution < 1.29 is 9.13 Å². The highest BCUT2D eigenvalue weighted by molar-refractivity contribution is 5.60. The van der Waals surface area contributed by atoms with Gasteiger partial charge in [0.15, 0.2) is 5.82 Å². The molecule has 0 amide bonds. The Morgan fingerprint density at radius 2 is 1.82 bits per heavy atom. The second-order valence-electron chi connectivity index (χ2n) is 6.45. The van der Waals surface area contributed by atoms with Gasteiger partial charge in [-0.25, -0.2) is 9.37 Å². The van der Waals surface area contributed by atoms with Gasteiger partial charge in [-0.3, -0.25) is 14.3 Å². The Hall–Kier alpha value is -3.06. The molecule has 1 aromatic carbocycles. The molecule has 0 bridgehead atoms. The lowest BCUT2D eigenvalue weighted by atomic mass is 10.2. The van der Waals surface area contributed by atoms with Gasteiger partial charge in [0, 0.05) is 38.0 Å². The van der Waals surface area contributed by atoms with E-state index in [0.29, 0.717) is 37.9 Å². The molecule has 1 fully saturated rings. The number of benzene rings is 1. The predicted octanol–water partition coefficient (Wildman–Crippen LogP) is 2.81. The molecule has 0 N–H and O–H groups in total. The smallest absolute Gasteiger partial charge is 0.255 e. The van der Waals surface area contributed by atoms with Gasteiger partial charge in [0.25, 0.3) is 5.56 Å². The SMILES string of the molecule is Cc1ccccc1.Cn1c(N2CCOCC2)nc(-c2ccncc2F)cc1=O. The van der Waals surface area contributed by atoms with Crippen LogP contribution in [0.15, 0.2) is 59.7 Å². The fourth-order valence-corrected chi connectivity index (χ4v) is 2.83. The maximum absolute atomic E-state index is 13.8. The normalized spacial score (nSPS) is 13.6. The summed E-state index contributed by atoms with van der Waals surface area (Å²) < 4.78 is 20.6. The summed E-state index contributed by atoms with van der Waals surface area (Å²) in [6, 6.07) is 13.1. The molecule has 1 aliphatic heterocycles. The molecule has 1 saturated heterocycles. The molecule has 0 atom stereocenters. The number of pyridine rings is 1. The summed E-state index contributed by atoms with van der Waals surface area (Å²) in [6.07, 6.45) is 2.59. The van der Waals surface area contributed by atoms with E-state index in [4.69, 9.17) is 4.74 Å². The lowest BCUT2D eigenvalue weighted by molar-refractivity contribution is 0.121. The van der Waals surface area contributed by atoms with Crippen LogP contribution >= 0.6 is 0 Å². The van der Waals surface area contributed by atoms with E-state index in [1.165, 1.54) is 28.5 Å². The lowest BCUT2D eigenvalue weighted by Crippen LogP contribution is -2.40. The van der Waals surface area contributed by atoms with Crippen LogP contribution < -0.4 is 10.5 Å². The summed E-state index contributed by atoms with van der Waals surface area (Å²) in [5.41, 5.74) is 1.69. The topological polar surface area (TPSA) is 60.2 Å². The fraction of sp³-hybridized carbons (Fsp3) is 0.286. The van der Waals surface area contributed by atoms with Crippen molar-refractivity contribution in [3.8, 4) is 11.3 Å². The first-order valence-corrected chi connectivity index (χ1v) is 9.08. The number of ether oxygens (including phenoxy) is 1. The van der Waals surface area contributed by atoms with E-state index in [-0.39, 0.29) is 11.1 Å². The van der Waals surface area contributed by atoms with Crippen molar-refractivity contribution in [3.05, 3.63) is 76.6 Å². The maximum atomic E-state index is 13.8. The summed E-state index contributed by atoms with van der Waals surface area (Å²) in [5.74, 6) is 0.0307. The lowest BCUT2D eigenvalue weighted by Gasteiger charge is -2.29. The second-order valence-corrected chi connectivity index (χ2v) is 6.45. The number of hydrogen-bond acceptors (Lipinski definition) is 5. The highest BCUT2D eigenvalue weighted by Gasteiger charge is 2.18. The molecule has 0 aliphatic carbocycles. The molecule has 0 radical (unpaired) electrons. The molecule has 28 heavy (non-hydrogen) atoms. The average molecular weight is 382 g/mol. The van der Waals surface area contributed by atoms with E-state index in [1.807, 2.05) is 23.1 Å². The molecule has 4 rings (SSSR count). The third-order valence-corrected chi connectivity index (χ3v) is 4.39. The van der Waals surface area contributed by atoms with Crippen molar-refractivity contribution >= 4 is 5.95 Å². The first kappa shape index (κ1) is 19.7. The Morgan fingerprint density at radius 1 is 1.11 bits per heavy atom. The monoisotopic (exact) mass is 382 g/mol. The Bertz CT molecular complexity index is 970. The zero-order valence-electron chi connectivity index (χ0n) is 16.0. The maximum Gasteiger partial charge on any atom is 0.255 e. The van der Waals surface area contributed by atoms with Crippen LogP contribution in [-0.4, -0.2) is 40.8 Å². The van der Waals surface area contributed by atoms with E-state index in [0.717, 1.165) is 6.20 Å². The van der Waals surface area contributed by atoms with Gasteiger partial charge in [-0.2, -0.15) is 0 Å². The van der Waals surface area contributed by atoms with Crippen molar-refractivity contribution in [2.45, 2.75) is 6.92 Å². The van der Waals surface area contributed by atoms with E-state index in [2.05, 4.69) is 29.0 Å². The zero-order chi connectivity index (χ0) is 19.9. The van der Waals surface area contributed by atoms with Crippen molar-refractivity contribution in [2.24, 2.45) is 7.05 Å². The molecular formula is C21H23FN4O2. The highest BCUT2D eigenvalue weighted by Crippen LogP contribution is 2.21. The van der Waals surface area contributed by atoms with Gasteiger partial charge in [-0.1, -0.05) is 35.9 Å². The Labute approximate surface area is 163 Å². The van der Waals surface area contributed by atoms with Crippen molar-refractivity contribution in [1.29, 1.82) is 0 Å². The van der Waals surface area contributed by atoms with Gasteiger partial charge in [0.1, 0.15) is 0 Å². The van der Waals surface area contributed by atoms with Gasteiger partial charge >= 0.3 is 0 Å². The average Bonchev–Trinajstić information content (AvgIpc) is 2.72. The number of morpholine rings is 1. The summed E-state index contributed by atoms with van der Waals surface area (Å²) in [6.45, 7) is 4.57. The van der Waals surface area contributed by atoms with Gasteiger partial charge in [-0.05, 0) is 13.0 Å². The zero-order valence-corrected chi connectivity index (χ0v) is 16.0. The molecular weight excluding hydrogens is 359 g/mol. The number of anilines is 1. The first-order valence-electron chi connectivity index (χ1n) is 9.08. The van der Waals surface area contributed by atoms with Crippen LogP contribution in [0, 0.1) is 12.7 Å². The molecule has 146 valence electrons. The number of aryl methyl sites for hydroxylation is 1. The summed E-state index contributed by atoms with van der Waals surface area (Å²) in [5, 5.41) is 0. The number of aromatic nitrogens is 3. The van der Waals surface area contributed by atoms with Gasteiger partial charge in [0.05, 0.1) is 25.1 Å². The predicted molar refractivity (Wildman–Crippen MR) is 107 cm³/mol. The Morgan fingerprint density at radius 3 is 2.43 bits per heavy atom. The molecule has 3 heterocycles. The van der Waals surface area contributed by atoms with Crippen LogP contribution in [0.2, 0.25) is 0 Å². The third kappa shape index (κ3) is 4.80. The first-order chi connectivity index (χ1) is 13.6. The Kier molecular flexibility index (Phi) is 6.49. The molecule has 2 aromatic heterocycles. The minimum Gasteiger partial charge on any atom is -0.378 e.